The molecule has 1 saturated heterocycles. The molecule has 5 fully saturated rings. The minimum absolute atomic E-state index is 0.151. The number of likely N-dealkylation sites (N-methyl/N-ethyl adjacent to an activating group) is 1. The number of hydrogen-bond donors (Lipinski definition) is 0. The first-order valence-corrected chi connectivity index (χ1v) is 13.7. The van der Waals surface area contributed by atoms with Crippen molar-refractivity contribution in [3.8, 4) is 0 Å². The molecule has 2 heteroatoms. The lowest BCUT2D eigenvalue weighted by atomic mass is 9.40. The van der Waals surface area contributed by atoms with Crippen molar-refractivity contribution in [2.24, 2.45) is 23.2 Å². The Kier molecular flexibility index (Phi) is 5.87. The predicted molar refractivity (Wildman–Crippen MR) is 137 cm³/mol. The first-order chi connectivity index (χ1) is 16.2. The lowest BCUT2D eigenvalue weighted by Crippen LogP contribution is -2.57. The molecule has 176 valence electrons. The molecule has 2 aromatic rings. The van der Waals surface area contributed by atoms with E-state index in [1.807, 2.05) is 0 Å². The van der Waals surface area contributed by atoms with Crippen molar-refractivity contribution in [1.82, 2.24) is 9.80 Å². The van der Waals surface area contributed by atoms with E-state index in [1.165, 1.54) is 84.1 Å². The quantitative estimate of drug-likeness (QED) is 0.502. The zero-order chi connectivity index (χ0) is 22.3. The topological polar surface area (TPSA) is 6.48 Å². The maximum absolute atomic E-state index is 2.72. The standard InChI is InChI=1S/C31H42N2/c1-32-15-17-33(18-16-32)14-8-13-31(28-9-4-2-5-10-28,29-11-6-3-7-12-29)30-22-25-19-26(23-30)21-27(20-25)24-30/h2-7,9-12,25-27H,8,13-24H2,1H3. The molecule has 0 aromatic heterocycles. The molecule has 0 unspecified atom stereocenters. The molecule has 0 N–H and O–H groups in total. The van der Waals surface area contributed by atoms with Crippen molar-refractivity contribution in [2.45, 2.75) is 56.8 Å². The smallest absolute Gasteiger partial charge is 0.0259 e. The van der Waals surface area contributed by atoms with Gasteiger partial charge in [0.2, 0.25) is 0 Å². The zero-order valence-corrected chi connectivity index (χ0v) is 20.6. The van der Waals surface area contributed by atoms with Crippen molar-refractivity contribution in [3.05, 3.63) is 71.8 Å². The second-order valence-electron chi connectivity index (χ2n) is 12.1. The normalized spacial score (nSPS) is 32.3. The molecule has 0 spiro atoms. The maximum Gasteiger partial charge on any atom is 0.0259 e. The number of hydrogen-bond acceptors (Lipinski definition) is 2. The van der Waals surface area contributed by atoms with E-state index < -0.39 is 0 Å². The van der Waals surface area contributed by atoms with Gasteiger partial charge < -0.3 is 9.80 Å². The molecule has 2 aromatic carbocycles. The van der Waals surface area contributed by atoms with E-state index in [2.05, 4.69) is 77.5 Å². The molecule has 4 aliphatic carbocycles. The summed E-state index contributed by atoms with van der Waals surface area (Å²) in [5.41, 5.74) is 3.78. The Morgan fingerprint density at radius 2 is 1.21 bits per heavy atom. The molecule has 0 atom stereocenters. The van der Waals surface area contributed by atoms with Gasteiger partial charge in [-0.15, -0.1) is 0 Å². The first kappa shape index (κ1) is 21.9. The van der Waals surface area contributed by atoms with Crippen LogP contribution in [0.1, 0.15) is 62.5 Å². The Bertz CT molecular complexity index is 838. The highest BCUT2D eigenvalue weighted by molar-refractivity contribution is 5.43. The van der Waals surface area contributed by atoms with Gasteiger partial charge in [0, 0.05) is 31.6 Å². The molecule has 1 heterocycles. The van der Waals surface area contributed by atoms with Gasteiger partial charge in [-0.05, 0) is 99.3 Å². The molecule has 0 radical (unpaired) electrons. The van der Waals surface area contributed by atoms with Gasteiger partial charge in [-0.3, -0.25) is 0 Å². The summed E-state index contributed by atoms with van der Waals surface area (Å²) in [6, 6.07) is 23.5. The average Bonchev–Trinajstić information content (AvgIpc) is 2.83. The minimum atomic E-state index is 0.151. The second kappa shape index (κ2) is 8.86. The van der Waals surface area contributed by atoms with Gasteiger partial charge in [-0.25, -0.2) is 0 Å². The van der Waals surface area contributed by atoms with E-state index >= 15 is 0 Å². The number of rotatable bonds is 7. The van der Waals surface area contributed by atoms with E-state index in [9.17, 15) is 0 Å². The fraction of sp³-hybridized carbons (Fsp3) is 0.613. The fourth-order valence-electron chi connectivity index (χ4n) is 9.05. The summed E-state index contributed by atoms with van der Waals surface area (Å²) in [5, 5.41) is 0. The van der Waals surface area contributed by atoms with Crippen LogP contribution in [0.3, 0.4) is 0 Å². The summed E-state index contributed by atoms with van der Waals surface area (Å²) < 4.78 is 0. The zero-order valence-electron chi connectivity index (χ0n) is 20.6. The summed E-state index contributed by atoms with van der Waals surface area (Å²) in [7, 11) is 2.26. The molecule has 5 aliphatic rings. The monoisotopic (exact) mass is 442 g/mol. The van der Waals surface area contributed by atoms with E-state index in [4.69, 9.17) is 0 Å². The van der Waals surface area contributed by atoms with Crippen molar-refractivity contribution in [1.29, 1.82) is 0 Å². The van der Waals surface area contributed by atoms with Crippen LogP contribution in [0.15, 0.2) is 60.7 Å². The average molecular weight is 443 g/mol. The maximum atomic E-state index is 2.72. The van der Waals surface area contributed by atoms with Crippen LogP contribution in [0.4, 0.5) is 0 Å². The Hall–Kier alpha value is -1.64. The second-order valence-corrected chi connectivity index (χ2v) is 12.1. The van der Waals surface area contributed by atoms with Gasteiger partial charge in [-0.2, -0.15) is 0 Å². The van der Waals surface area contributed by atoms with Crippen LogP contribution < -0.4 is 0 Å². The molecule has 7 rings (SSSR count). The van der Waals surface area contributed by atoms with E-state index in [0.29, 0.717) is 5.41 Å². The van der Waals surface area contributed by atoms with Crippen LogP contribution >= 0.6 is 0 Å². The predicted octanol–water partition coefficient (Wildman–Crippen LogP) is 6.22. The highest BCUT2D eigenvalue weighted by atomic mass is 15.2. The molecule has 4 saturated carbocycles. The Morgan fingerprint density at radius 1 is 0.727 bits per heavy atom. The first-order valence-electron chi connectivity index (χ1n) is 13.7. The van der Waals surface area contributed by atoms with Gasteiger partial charge in [0.1, 0.15) is 0 Å². The minimum Gasteiger partial charge on any atom is -0.304 e. The molecular formula is C31H42N2. The van der Waals surface area contributed by atoms with Gasteiger partial charge in [0.15, 0.2) is 0 Å². The van der Waals surface area contributed by atoms with Crippen molar-refractivity contribution in [3.63, 3.8) is 0 Å². The Morgan fingerprint density at radius 3 is 1.70 bits per heavy atom. The van der Waals surface area contributed by atoms with Gasteiger partial charge >= 0.3 is 0 Å². The third-order valence-corrected chi connectivity index (χ3v) is 10.1. The van der Waals surface area contributed by atoms with Crippen LogP contribution in [-0.4, -0.2) is 49.6 Å². The molecular weight excluding hydrogens is 400 g/mol. The van der Waals surface area contributed by atoms with Gasteiger partial charge in [0.05, 0.1) is 0 Å². The van der Waals surface area contributed by atoms with E-state index in [1.54, 1.807) is 11.1 Å². The summed E-state index contributed by atoms with van der Waals surface area (Å²) in [4.78, 5) is 5.20. The lowest BCUT2D eigenvalue weighted by molar-refractivity contribution is -0.0933. The SMILES string of the molecule is CN1CCN(CCCC(c2ccccc2)(c2ccccc2)C23CC4CC(CC(C4)C2)C3)CC1. The third-order valence-electron chi connectivity index (χ3n) is 10.1. The Balaban J connectivity index is 1.39. The number of benzene rings is 2. The molecule has 33 heavy (non-hydrogen) atoms. The van der Waals surface area contributed by atoms with Crippen LogP contribution in [0.5, 0.6) is 0 Å². The summed E-state index contributed by atoms with van der Waals surface area (Å²) in [5.74, 6) is 2.92. The summed E-state index contributed by atoms with van der Waals surface area (Å²) in [6.07, 6.45) is 11.5. The largest absolute Gasteiger partial charge is 0.304 e. The summed E-state index contributed by atoms with van der Waals surface area (Å²) in [6.45, 7) is 6.16. The van der Waals surface area contributed by atoms with E-state index in [-0.39, 0.29) is 5.41 Å². The molecule has 0 amide bonds. The summed E-state index contributed by atoms with van der Waals surface area (Å²) >= 11 is 0. The lowest BCUT2D eigenvalue weighted by Gasteiger charge is -2.64. The highest BCUT2D eigenvalue weighted by Gasteiger charge is 2.61. The van der Waals surface area contributed by atoms with E-state index in [0.717, 1.165) is 17.8 Å². The highest BCUT2D eigenvalue weighted by Crippen LogP contribution is 2.68. The van der Waals surface area contributed by atoms with Gasteiger partial charge in [0.25, 0.3) is 0 Å². The van der Waals surface area contributed by atoms with Crippen LogP contribution in [0.2, 0.25) is 0 Å². The van der Waals surface area contributed by atoms with Crippen LogP contribution in [0.25, 0.3) is 0 Å². The fourth-order valence-corrected chi connectivity index (χ4v) is 9.05. The number of nitrogens with zero attached hydrogens (tertiary/aromatic N) is 2. The molecule has 4 bridgehead atoms. The molecule has 2 nitrogen and oxygen atoms in total. The Labute approximate surface area is 201 Å². The third kappa shape index (κ3) is 3.88. The van der Waals surface area contributed by atoms with Crippen molar-refractivity contribution < 1.29 is 0 Å². The van der Waals surface area contributed by atoms with Crippen LogP contribution in [0, 0.1) is 23.2 Å². The van der Waals surface area contributed by atoms with Crippen LogP contribution in [-0.2, 0) is 5.41 Å². The van der Waals surface area contributed by atoms with Crippen molar-refractivity contribution >= 4 is 0 Å². The van der Waals surface area contributed by atoms with Crippen molar-refractivity contribution in [2.75, 3.05) is 39.8 Å². The van der Waals surface area contributed by atoms with Gasteiger partial charge in [-0.1, -0.05) is 60.7 Å². The molecule has 1 aliphatic heterocycles. The number of piperazine rings is 1.